The molecule has 1 rings (SSSR count). The van der Waals surface area contributed by atoms with Gasteiger partial charge in [0.05, 0.1) is 19.3 Å². The fourth-order valence-electron chi connectivity index (χ4n) is 1.17. The van der Waals surface area contributed by atoms with Crippen molar-refractivity contribution < 1.29 is 4.74 Å². The van der Waals surface area contributed by atoms with Gasteiger partial charge in [0.1, 0.15) is 0 Å². The van der Waals surface area contributed by atoms with Gasteiger partial charge >= 0.3 is 0 Å². The molecule has 0 aromatic carbocycles. The monoisotopic (exact) mass is 157 g/mol. The molecule has 0 bridgehead atoms. The summed E-state index contributed by atoms with van der Waals surface area (Å²) in [6.07, 6.45) is 2.63. The molecule has 1 saturated heterocycles. The van der Waals surface area contributed by atoms with Crippen molar-refractivity contribution in [1.29, 1.82) is 0 Å². The van der Waals surface area contributed by atoms with Gasteiger partial charge in [0, 0.05) is 0 Å². The van der Waals surface area contributed by atoms with Crippen molar-refractivity contribution in [3.8, 4) is 0 Å². The summed E-state index contributed by atoms with van der Waals surface area (Å²) in [5, 5.41) is 3.45. The minimum absolute atomic E-state index is 0.655. The third-order valence-electron chi connectivity index (χ3n) is 2.03. The molecule has 0 radical (unpaired) electrons. The van der Waals surface area contributed by atoms with E-state index >= 15 is 0 Å². The summed E-state index contributed by atoms with van der Waals surface area (Å²) < 4.78 is 5.05. The van der Waals surface area contributed by atoms with Gasteiger partial charge in [-0.15, -0.1) is 0 Å². The Morgan fingerprint density at radius 1 is 1.45 bits per heavy atom. The van der Waals surface area contributed by atoms with Crippen LogP contribution < -0.4 is 5.32 Å². The van der Waals surface area contributed by atoms with Crippen LogP contribution in [0.15, 0.2) is 0 Å². The van der Waals surface area contributed by atoms with Crippen LogP contribution in [0.3, 0.4) is 0 Å². The number of hydrogen-bond donors (Lipinski definition) is 1. The molecule has 0 unspecified atom stereocenters. The van der Waals surface area contributed by atoms with Crippen molar-refractivity contribution >= 4 is 0 Å². The van der Waals surface area contributed by atoms with Gasteiger partial charge in [-0.25, -0.2) is 0 Å². The minimum atomic E-state index is 0.655. The molecule has 1 aliphatic heterocycles. The van der Waals surface area contributed by atoms with E-state index in [-0.39, 0.29) is 0 Å². The topological polar surface area (TPSA) is 21.3 Å². The Morgan fingerprint density at radius 3 is 2.64 bits per heavy atom. The van der Waals surface area contributed by atoms with E-state index in [0.717, 1.165) is 25.7 Å². The van der Waals surface area contributed by atoms with Gasteiger partial charge in [-0.3, -0.25) is 0 Å². The second kappa shape index (κ2) is 4.73. The Hall–Kier alpha value is -0.0800. The first-order valence-electron chi connectivity index (χ1n) is 4.60. The summed E-state index contributed by atoms with van der Waals surface area (Å²) in [5.41, 5.74) is 0. The summed E-state index contributed by atoms with van der Waals surface area (Å²) in [4.78, 5) is 0. The van der Waals surface area contributed by atoms with E-state index in [2.05, 4.69) is 19.2 Å². The van der Waals surface area contributed by atoms with Crippen LogP contribution in [0.25, 0.3) is 0 Å². The summed E-state index contributed by atoms with van der Waals surface area (Å²) in [6, 6.07) is 0.655. The highest BCUT2D eigenvalue weighted by atomic mass is 16.5. The Labute approximate surface area is 69.3 Å². The average molecular weight is 157 g/mol. The number of ether oxygens (including phenoxy) is 1. The highest BCUT2D eigenvalue weighted by Crippen LogP contribution is 2.03. The van der Waals surface area contributed by atoms with E-state index in [4.69, 9.17) is 4.74 Å². The second-order valence-corrected chi connectivity index (χ2v) is 3.72. The van der Waals surface area contributed by atoms with Gasteiger partial charge in [0.15, 0.2) is 0 Å². The summed E-state index contributed by atoms with van der Waals surface area (Å²) in [7, 11) is 0. The van der Waals surface area contributed by atoms with Crippen LogP contribution in [0.2, 0.25) is 0 Å². The fraction of sp³-hybridized carbons (Fsp3) is 1.00. The lowest BCUT2D eigenvalue weighted by molar-refractivity contribution is -0.00503. The molecule has 0 amide bonds. The Kier molecular flexibility index (Phi) is 3.87. The quantitative estimate of drug-likeness (QED) is 0.609. The maximum atomic E-state index is 5.05. The molecule has 1 fully saturated rings. The average Bonchev–Trinajstić information content (AvgIpc) is 1.82. The van der Waals surface area contributed by atoms with Crippen molar-refractivity contribution in [3.63, 3.8) is 0 Å². The first-order valence-corrected chi connectivity index (χ1v) is 4.60. The Morgan fingerprint density at radius 2 is 2.18 bits per heavy atom. The van der Waals surface area contributed by atoms with Gasteiger partial charge in [-0.1, -0.05) is 13.8 Å². The molecule has 0 aromatic heterocycles. The summed E-state index contributed by atoms with van der Waals surface area (Å²) in [6.45, 7) is 7.54. The fourth-order valence-corrected chi connectivity index (χ4v) is 1.17. The summed E-state index contributed by atoms with van der Waals surface area (Å²) >= 11 is 0. The van der Waals surface area contributed by atoms with Crippen LogP contribution in [0.4, 0.5) is 0 Å². The van der Waals surface area contributed by atoms with Gasteiger partial charge in [-0.05, 0) is 25.3 Å². The smallest absolute Gasteiger partial charge is 0.0643 e. The van der Waals surface area contributed by atoms with Crippen molar-refractivity contribution in [3.05, 3.63) is 0 Å². The van der Waals surface area contributed by atoms with Gasteiger partial charge in [0.25, 0.3) is 0 Å². The third-order valence-corrected chi connectivity index (χ3v) is 2.03. The second-order valence-electron chi connectivity index (χ2n) is 3.72. The molecule has 2 heteroatoms. The Balaban J connectivity index is 1.80. The molecule has 2 nitrogen and oxygen atoms in total. The first-order chi connectivity index (χ1) is 5.29. The SMILES string of the molecule is CC(C)CCCNC1COC1. The van der Waals surface area contributed by atoms with E-state index < -0.39 is 0 Å². The number of rotatable bonds is 5. The molecule has 1 aliphatic rings. The van der Waals surface area contributed by atoms with E-state index in [1.807, 2.05) is 0 Å². The van der Waals surface area contributed by atoms with Crippen molar-refractivity contribution in [2.24, 2.45) is 5.92 Å². The molecule has 0 saturated carbocycles. The van der Waals surface area contributed by atoms with Gasteiger partial charge in [0.2, 0.25) is 0 Å². The molecule has 0 atom stereocenters. The van der Waals surface area contributed by atoms with Gasteiger partial charge < -0.3 is 10.1 Å². The van der Waals surface area contributed by atoms with Crippen molar-refractivity contribution in [1.82, 2.24) is 5.32 Å². The molecule has 0 aromatic rings. The van der Waals surface area contributed by atoms with E-state index in [0.29, 0.717) is 6.04 Å². The van der Waals surface area contributed by atoms with E-state index in [1.54, 1.807) is 0 Å². The largest absolute Gasteiger partial charge is 0.378 e. The Bertz CT molecular complexity index is 99.7. The maximum Gasteiger partial charge on any atom is 0.0643 e. The predicted octanol–water partition coefficient (Wildman–Crippen LogP) is 1.41. The van der Waals surface area contributed by atoms with Crippen LogP contribution in [-0.2, 0) is 4.74 Å². The first kappa shape index (κ1) is 9.01. The lowest BCUT2D eigenvalue weighted by Crippen LogP contribution is -2.46. The van der Waals surface area contributed by atoms with Crippen LogP contribution in [-0.4, -0.2) is 25.8 Å². The predicted molar refractivity (Wildman–Crippen MR) is 46.7 cm³/mol. The third kappa shape index (κ3) is 3.73. The molecular weight excluding hydrogens is 138 g/mol. The molecule has 0 spiro atoms. The minimum Gasteiger partial charge on any atom is -0.378 e. The zero-order chi connectivity index (χ0) is 8.10. The van der Waals surface area contributed by atoms with Crippen LogP contribution >= 0.6 is 0 Å². The van der Waals surface area contributed by atoms with Crippen LogP contribution in [0.1, 0.15) is 26.7 Å². The van der Waals surface area contributed by atoms with E-state index in [1.165, 1.54) is 12.8 Å². The van der Waals surface area contributed by atoms with Crippen molar-refractivity contribution in [2.75, 3.05) is 19.8 Å². The molecule has 1 N–H and O–H groups in total. The molecule has 11 heavy (non-hydrogen) atoms. The number of nitrogens with one attached hydrogen (secondary N) is 1. The molecule has 1 heterocycles. The lowest BCUT2D eigenvalue weighted by atomic mass is 10.1. The zero-order valence-electron chi connectivity index (χ0n) is 7.60. The van der Waals surface area contributed by atoms with Crippen molar-refractivity contribution in [2.45, 2.75) is 32.7 Å². The highest BCUT2D eigenvalue weighted by molar-refractivity contribution is 4.72. The summed E-state index contributed by atoms with van der Waals surface area (Å²) in [5.74, 6) is 0.842. The number of hydrogen-bond acceptors (Lipinski definition) is 2. The van der Waals surface area contributed by atoms with Gasteiger partial charge in [-0.2, -0.15) is 0 Å². The lowest BCUT2D eigenvalue weighted by Gasteiger charge is -2.27. The van der Waals surface area contributed by atoms with Crippen LogP contribution in [0.5, 0.6) is 0 Å². The molecule has 66 valence electrons. The van der Waals surface area contributed by atoms with E-state index in [9.17, 15) is 0 Å². The normalized spacial score (nSPS) is 18.8. The maximum absolute atomic E-state index is 5.05. The molecule has 0 aliphatic carbocycles. The highest BCUT2D eigenvalue weighted by Gasteiger charge is 2.16. The standard InChI is InChI=1S/C9H19NO/c1-8(2)4-3-5-10-9-6-11-7-9/h8-10H,3-7H2,1-2H3. The van der Waals surface area contributed by atoms with Crippen LogP contribution in [0, 0.1) is 5.92 Å². The zero-order valence-corrected chi connectivity index (χ0v) is 7.60. The molecular formula is C9H19NO.